The van der Waals surface area contributed by atoms with Crippen LogP contribution in [0.5, 0.6) is 0 Å². The highest BCUT2D eigenvalue weighted by Gasteiger charge is 2.44. The lowest BCUT2D eigenvalue weighted by Gasteiger charge is -2.29. The quantitative estimate of drug-likeness (QED) is 0.885. The molecule has 4 rings (SSSR count). The number of nitrogens with zero attached hydrogens (tertiary/aromatic N) is 2. The van der Waals surface area contributed by atoms with Crippen molar-refractivity contribution in [2.24, 2.45) is 0 Å². The fourth-order valence-corrected chi connectivity index (χ4v) is 4.99. The van der Waals surface area contributed by atoms with Gasteiger partial charge < -0.3 is 10.1 Å². The molecule has 1 fully saturated rings. The summed E-state index contributed by atoms with van der Waals surface area (Å²) < 4.78 is 62.5. The molecule has 26 heavy (non-hydrogen) atoms. The number of morpholine rings is 1. The SMILES string of the molecule is O=S1(=O)N(C[C@@H]2CNCCO2)c2ccccc2N1c1c(F)cccc1F. The second-order valence-electron chi connectivity index (χ2n) is 6.06. The molecule has 2 aliphatic rings. The molecule has 0 spiro atoms. The number of rotatable bonds is 3. The average molecular weight is 381 g/mol. The Bertz CT molecular complexity index is 912. The summed E-state index contributed by atoms with van der Waals surface area (Å²) in [5.41, 5.74) is -0.0327. The van der Waals surface area contributed by atoms with Gasteiger partial charge >= 0.3 is 10.2 Å². The van der Waals surface area contributed by atoms with Crippen molar-refractivity contribution in [1.82, 2.24) is 5.32 Å². The van der Waals surface area contributed by atoms with Crippen LogP contribution in [-0.2, 0) is 14.9 Å². The Morgan fingerprint density at radius 3 is 2.42 bits per heavy atom. The third kappa shape index (κ3) is 2.72. The first-order valence-electron chi connectivity index (χ1n) is 8.18. The van der Waals surface area contributed by atoms with Crippen molar-refractivity contribution in [3.8, 4) is 0 Å². The van der Waals surface area contributed by atoms with E-state index in [-0.39, 0.29) is 18.3 Å². The van der Waals surface area contributed by atoms with Gasteiger partial charge in [0.2, 0.25) is 0 Å². The van der Waals surface area contributed by atoms with E-state index in [1.165, 1.54) is 12.1 Å². The third-order valence-electron chi connectivity index (χ3n) is 4.39. The highest BCUT2D eigenvalue weighted by atomic mass is 32.2. The van der Waals surface area contributed by atoms with Gasteiger partial charge in [0, 0.05) is 13.1 Å². The molecule has 0 amide bonds. The van der Waals surface area contributed by atoms with Crippen LogP contribution in [0.25, 0.3) is 0 Å². The van der Waals surface area contributed by atoms with E-state index in [1.54, 1.807) is 18.2 Å². The van der Waals surface area contributed by atoms with E-state index in [2.05, 4.69) is 5.32 Å². The van der Waals surface area contributed by atoms with Crippen LogP contribution >= 0.6 is 0 Å². The molecular weight excluding hydrogens is 364 g/mol. The number of ether oxygens (including phenoxy) is 1. The Hall–Kier alpha value is -2.23. The lowest BCUT2D eigenvalue weighted by molar-refractivity contribution is 0.0353. The fourth-order valence-electron chi connectivity index (χ4n) is 3.23. The summed E-state index contributed by atoms with van der Waals surface area (Å²) >= 11 is 0. The van der Waals surface area contributed by atoms with Gasteiger partial charge in [0.15, 0.2) is 11.6 Å². The first-order valence-corrected chi connectivity index (χ1v) is 9.58. The maximum Gasteiger partial charge on any atom is 0.331 e. The Morgan fingerprint density at radius 1 is 1.08 bits per heavy atom. The van der Waals surface area contributed by atoms with Gasteiger partial charge in [0.1, 0.15) is 5.69 Å². The zero-order chi connectivity index (χ0) is 18.3. The zero-order valence-electron chi connectivity index (χ0n) is 13.7. The van der Waals surface area contributed by atoms with Gasteiger partial charge in [-0.2, -0.15) is 8.42 Å². The Labute approximate surface area is 150 Å². The molecule has 0 aliphatic carbocycles. The molecule has 0 radical (unpaired) electrons. The zero-order valence-corrected chi connectivity index (χ0v) is 14.5. The maximum atomic E-state index is 14.3. The predicted octanol–water partition coefficient (Wildman–Crippen LogP) is 2.16. The lowest BCUT2D eigenvalue weighted by atomic mass is 10.2. The number of anilines is 3. The van der Waals surface area contributed by atoms with Crippen molar-refractivity contribution in [2.75, 3.05) is 34.9 Å². The number of para-hydroxylation sites is 3. The van der Waals surface area contributed by atoms with Crippen LogP contribution in [-0.4, -0.2) is 40.8 Å². The van der Waals surface area contributed by atoms with Gasteiger partial charge in [-0.25, -0.2) is 17.4 Å². The van der Waals surface area contributed by atoms with Crippen molar-refractivity contribution >= 4 is 27.3 Å². The van der Waals surface area contributed by atoms with Crippen LogP contribution in [0, 0.1) is 11.6 Å². The molecule has 2 aromatic carbocycles. The molecule has 0 aromatic heterocycles. The second kappa shape index (κ2) is 6.49. The fraction of sp³-hybridized carbons (Fsp3) is 0.294. The summed E-state index contributed by atoms with van der Waals surface area (Å²) in [5.74, 6) is -1.89. The molecule has 1 saturated heterocycles. The molecule has 2 aliphatic heterocycles. The molecule has 9 heteroatoms. The van der Waals surface area contributed by atoms with Crippen molar-refractivity contribution in [3.05, 3.63) is 54.1 Å². The van der Waals surface area contributed by atoms with Crippen molar-refractivity contribution in [3.63, 3.8) is 0 Å². The summed E-state index contributed by atoms with van der Waals surface area (Å²) in [4.78, 5) is 0. The van der Waals surface area contributed by atoms with Gasteiger partial charge in [-0.15, -0.1) is 0 Å². The van der Waals surface area contributed by atoms with Gasteiger partial charge in [-0.3, -0.25) is 0 Å². The van der Waals surface area contributed by atoms with Crippen molar-refractivity contribution < 1.29 is 21.9 Å². The largest absolute Gasteiger partial charge is 0.374 e. The minimum absolute atomic E-state index is 0.0545. The van der Waals surface area contributed by atoms with Crippen LogP contribution in [0.4, 0.5) is 25.8 Å². The molecule has 138 valence electrons. The lowest BCUT2D eigenvalue weighted by Crippen LogP contribution is -2.47. The van der Waals surface area contributed by atoms with Crippen LogP contribution in [0.1, 0.15) is 0 Å². The number of benzene rings is 2. The van der Waals surface area contributed by atoms with Crippen LogP contribution < -0.4 is 13.9 Å². The minimum atomic E-state index is -4.21. The number of nitrogens with one attached hydrogen (secondary N) is 1. The first-order chi connectivity index (χ1) is 12.5. The highest BCUT2D eigenvalue weighted by Crippen LogP contribution is 2.46. The Balaban J connectivity index is 1.81. The van der Waals surface area contributed by atoms with Crippen LogP contribution in [0.2, 0.25) is 0 Å². The summed E-state index contributed by atoms with van der Waals surface area (Å²) in [6, 6.07) is 9.72. The highest BCUT2D eigenvalue weighted by molar-refractivity contribution is 7.95. The van der Waals surface area contributed by atoms with Crippen LogP contribution in [0.15, 0.2) is 42.5 Å². The first kappa shape index (κ1) is 17.2. The summed E-state index contributed by atoms with van der Waals surface area (Å²) in [6.07, 6.45) is -0.350. The molecule has 0 saturated carbocycles. The maximum absolute atomic E-state index is 14.3. The van der Waals surface area contributed by atoms with Gasteiger partial charge in [-0.05, 0) is 24.3 Å². The van der Waals surface area contributed by atoms with Gasteiger partial charge in [0.25, 0.3) is 0 Å². The van der Waals surface area contributed by atoms with Crippen molar-refractivity contribution in [1.29, 1.82) is 0 Å². The van der Waals surface area contributed by atoms with E-state index < -0.39 is 27.5 Å². The van der Waals surface area contributed by atoms with Gasteiger partial charge in [-0.1, -0.05) is 18.2 Å². The van der Waals surface area contributed by atoms with E-state index in [0.29, 0.717) is 25.4 Å². The summed E-state index contributed by atoms with van der Waals surface area (Å²) in [6.45, 7) is 1.74. The molecule has 0 bridgehead atoms. The van der Waals surface area contributed by atoms with Gasteiger partial charge in [0.05, 0.1) is 30.6 Å². The normalized spacial score (nSPS) is 21.7. The van der Waals surface area contributed by atoms with E-state index >= 15 is 0 Å². The van der Waals surface area contributed by atoms with E-state index in [4.69, 9.17) is 4.74 Å². The predicted molar refractivity (Wildman–Crippen MR) is 93.8 cm³/mol. The van der Waals surface area contributed by atoms with E-state index in [9.17, 15) is 17.2 Å². The topological polar surface area (TPSA) is 61.9 Å². The summed E-state index contributed by atoms with van der Waals surface area (Å²) in [5, 5.41) is 3.14. The number of hydrogen-bond acceptors (Lipinski definition) is 4. The van der Waals surface area contributed by atoms with Crippen LogP contribution in [0.3, 0.4) is 0 Å². The minimum Gasteiger partial charge on any atom is -0.374 e. The van der Waals surface area contributed by atoms with E-state index in [1.807, 2.05) is 0 Å². The number of fused-ring (bicyclic) bond motifs is 1. The molecule has 2 aromatic rings. The molecule has 2 heterocycles. The molecular formula is C17H17F2N3O3S. The number of halogens is 2. The Kier molecular flexibility index (Phi) is 4.29. The molecule has 6 nitrogen and oxygen atoms in total. The molecule has 0 unspecified atom stereocenters. The summed E-state index contributed by atoms with van der Waals surface area (Å²) in [7, 11) is -4.21. The Morgan fingerprint density at radius 2 is 1.77 bits per heavy atom. The smallest absolute Gasteiger partial charge is 0.331 e. The monoisotopic (exact) mass is 381 g/mol. The molecule has 1 atom stereocenters. The standard InChI is InChI=1S/C17H17F2N3O3S/c18-13-4-3-5-14(19)17(13)22-16-7-2-1-6-15(16)21(26(22,23)24)11-12-10-20-8-9-25-12/h1-7,12,20H,8-11H2/t12-/m0/s1. The second-order valence-corrected chi connectivity index (χ2v) is 7.76. The average Bonchev–Trinajstić information content (AvgIpc) is 2.84. The third-order valence-corrected chi connectivity index (χ3v) is 6.14. The molecule has 1 N–H and O–H groups in total. The number of hydrogen-bond donors (Lipinski definition) is 1. The van der Waals surface area contributed by atoms with Crippen molar-refractivity contribution in [2.45, 2.75) is 6.10 Å². The van der Waals surface area contributed by atoms with E-state index in [0.717, 1.165) is 20.7 Å².